The third-order valence-electron chi connectivity index (χ3n) is 4.79. The van der Waals surface area contributed by atoms with Crippen molar-refractivity contribution < 1.29 is 13.2 Å². The predicted molar refractivity (Wildman–Crippen MR) is 101 cm³/mol. The molecule has 1 heterocycles. The van der Waals surface area contributed by atoms with Crippen LogP contribution in [0.3, 0.4) is 0 Å². The summed E-state index contributed by atoms with van der Waals surface area (Å²) in [6.07, 6.45) is 0. The molecule has 2 aromatic rings. The summed E-state index contributed by atoms with van der Waals surface area (Å²) in [6.45, 7) is 9.26. The fraction of sp³-hybridized carbons (Fsp3) is 0.444. The van der Waals surface area contributed by atoms with Gasteiger partial charge in [-0.25, -0.2) is 13.1 Å². The molecule has 1 aromatic heterocycles. The molecule has 0 aliphatic carbocycles. The average molecular weight is 378 g/mol. The van der Waals surface area contributed by atoms with Crippen molar-refractivity contribution in [3.63, 3.8) is 0 Å². The molecule has 0 saturated heterocycles. The third kappa shape index (κ3) is 3.66. The summed E-state index contributed by atoms with van der Waals surface area (Å²) >= 11 is 0. The van der Waals surface area contributed by atoms with Crippen LogP contribution in [-0.4, -0.2) is 31.2 Å². The van der Waals surface area contributed by atoms with Crippen molar-refractivity contribution in [2.75, 3.05) is 7.05 Å². The number of nitrogens with one attached hydrogen (secondary N) is 2. The van der Waals surface area contributed by atoms with Gasteiger partial charge in [0.1, 0.15) is 0 Å². The molecular weight excluding hydrogens is 352 g/mol. The Morgan fingerprint density at radius 1 is 1.19 bits per heavy atom. The summed E-state index contributed by atoms with van der Waals surface area (Å²) in [6, 6.07) is 2.87. The van der Waals surface area contributed by atoms with Gasteiger partial charge in [0, 0.05) is 23.9 Å². The maximum atomic E-state index is 12.7. The number of hydrogen-bond donors (Lipinski definition) is 2. The number of carbonyl (C=O) groups is 1. The van der Waals surface area contributed by atoms with Crippen LogP contribution in [0.1, 0.15) is 51.4 Å². The van der Waals surface area contributed by atoms with Crippen LogP contribution in [0.2, 0.25) is 0 Å². The largest absolute Gasteiger partial charge is 0.345 e. The van der Waals surface area contributed by atoms with Gasteiger partial charge >= 0.3 is 0 Å². The Labute approximate surface area is 154 Å². The second-order valence-corrected chi connectivity index (χ2v) is 8.38. The molecule has 1 aromatic carbocycles. The van der Waals surface area contributed by atoms with Crippen LogP contribution in [-0.2, 0) is 17.1 Å². The third-order valence-corrected chi connectivity index (χ3v) is 6.33. The summed E-state index contributed by atoms with van der Waals surface area (Å²) in [5.74, 6) is -0.323. The standard InChI is InChI=1S/C18H26N4O3S/c1-10-8-15(9-16(11(10)2)26(24,25)19-6)18(23)20-12(3)17-13(4)21-22(7)14(17)5/h8-9,12,19H,1-7H3,(H,20,23). The zero-order chi connectivity index (χ0) is 19.8. The van der Waals surface area contributed by atoms with E-state index in [4.69, 9.17) is 0 Å². The first kappa shape index (κ1) is 20.1. The van der Waals surface area contributed by atoms with Crippen molar-refractivity contribution in [1.82, 2.24) is 19.8 Å². The number of nitrogens with zero attached hydrogens (tertiary/aromatic N) is 2. The lowest BCUT2D eigenvalue weighted by atomic mass is 10.0. The second-order valence-electron chi connectivity index (χ2n) is 6.53. The van der Waals surface area contributed by atoms with Crippen LogP contribution in [0.15, 0.2) is 17.0 Å². The molecule has 142 valence electrons. The minimum Gasteiger partial charge on any atom is -0.345 e. The molecule has 1 atom stereocenters. The fourth-order valence-corrected chi connectivity index (χ4v) is 4.18. The van der Waals surface area contributed by atoms with E-state index in [1.807, 2.05) is 27.8 Å². The molecule has 0 bridgehead atoms. The molecule has 26 heavy (non-hydrogen) atoms. The van der Waals surface area contributed by atoms with Crippen LogP contribution in [0.4, 0.5) is 0 Å². The maximum absolute atomic E-state index is 12.7. The Balaban J connectivity index is 2.39. The summed E-state index contributed by atoms with van der Waals surface area (Å²) in [7, 11) is -0.428. The number of aryl methyl sites for hydroxylation is 3. The fourth-order valence-electron chi connectivity index (χ4n) is 3.12. The minimum atomic E-state index is -3.64. The molecule has 0 saturated carbocycles. The number of benzene rings is 1. The lowest BCUT2D eigenvalue weighted by Crippen LogP contribution is -2.28. The molecule has 0 radical (unpaired) electrons. The molecule has 0 aliphatic heterocycles. The first-order valence-electron chi connectivity index (χ1n) is 8.35. The number of hydrogen-bond acceptors (Lipinski definition) is 4. The molecule has 0 fully saturated rings. The van der Waals surface area contributed by atoms with Crippen LogP contribution >= 0.6 is 0 Å². The molecule has 0 aliphatic rings. The number of carbonyl (C=O) groups excluding carboxylic acids is 1. The maximum Gasteiger partial charge on any atom is 0.251 e. The molecule has 2 N–H and O–H groups in total. The highest BCUT2D eigenvalue weighted by atomic mass is 32.2. The van der Waals surface area contributed by atoms with Crippen LogP contribution in [0.5, 0.6) is 0 Å². The van der Waals surface area contributed by atoms with Crippen molar-refractivity contribution in [2.24, 2.45) is 7.05 Å². The highest BCUT2D eigenvalue weighted by molar-refractivity contribution is 7.89. The summed E-state index contributed by atoms with van der Waals surface area (Å²) in [5.41, 5.74) is 4.49. The van der Waals surface area contributed by atoms with Gasteiger partial charge in [0.2, 0.25) is 10.0 Å². The average Bonchev–Trinajstić information content (AvgIpc) is 2.81. The number of amides is 1. The Bertz CT molecular complexity index is 961. The Morgan fingerprint density at radius 3 is 2.31 bits per heavy atom. The van der Waals surface area contributed by atoms with E-state index in [0.29, 0.717) is 11.1 Å². The smallest absolute Gasteiger partial charge is 0.251 e. The van der Waals surface area contributed by atoms with Crippen LogP contribution in [0.25, 0.3) is 0 Å². The molecule has 2 rings (SSSR count). The van der Waals surface area contributed by atoms with Crippen molar-refractivity contribution in [3.8, 4) is 0 Å². The lowest BCUT2D eigenvalue weighted by molar-refractivity contribution is 0.0939. The van der Waals surface area contributed by atoms with Crippen LogP contribution < -0.4 is 10.0 Å². The number of aromatic nitrogens is 2. The molecule has 0 spiro atoms. The van der Waals surface area contributed by atoms with Gasteiger partial charge < -0.3 is 5.32 Å². The van der Waals surface area contributed by atoms with Crippen molar-refractivity contribution >= 4 is 15.9 Å². The van der Waals surface area contributed by atoms with Crippen molar-refractivity contribution in [2.45, 2.75) is 45.6 Å². The number of rotatable bonds is 5. The summed E-state index contributed by atoms with van der Waals surface area (Å²) in [4.78, 5) is 12.9. The SMILES string of the molecule is CNS(=O)(=O)c1cc(C(=O)NC(C)c2c(C)nn(C)c2C)cc(C)c1C. The highest BCUT2D eigenvalue weighted by Crippen LogP contribution is 2.23. The second kappa shape index (κ2) is 7.20. The lowest BCUT2D eigenvalue weighted by Gasteiger charge is -2.17. The van der Waals surface area contributed by atoms with E-state index in [2.05, 4.69) is 15.1 Å². The first-order valence-corrected chi connectivity index (χ1v) is 9.83. The molecular formula is C18H26N4O3S. The van der Waals surface area contributed by atoms with E-state index in [9.17, 15) is 13.2 Å². The Hall–Kier alpha value is -2.19. The first-order chi connectivity index (χ1) is 12.0. The van der Waals surface area contributed by atoms with Gasteiger partial charge in [-0.05, 0) is 64.9 Å². The Kier molecular flexibility index (Phi) is 5.58. The van der Waals surface area contributed by atoms with Gasteiger partial charge in [0.25, 0.3) is 5.91 Å². The van der Waals surface area contributed by atoms with E-state index < -0.39 is 10.0 Å². The highest BCUT2D eigenvalue weighted by Gasteiger charge is 2.22. The van der Waals surface area contributed by atoms with Crippen LogP contribution in [0, 0.1) is 27.7 Å². The topological polar surface area (TPSA) is 93.1 Å². The zero-order valence-corrected chi connectivity index (χ0v) is 17.1. The van der Waals surface area contributed by atoms with E-state index >= 15 is 0 Å². The van der Waals surface area contributed by atoms with Gasteiger partial charge in [0.15, 0.2) is 0 Å². The predicted octanol–water partition coefficient (Wildman–Crippen LogP) is 2.05. The van der Waals surface area contributed by atoms with E-state index in [-0.39, 0.29) is 16.8 Å². The van der Waals surface area contributed by atoms with E-state index in [1.54, 1.807) is 24.6 Å². The van der Waals surface area contributed by atoms with Gasteiger partial charge in [0.05, 0.1) is 16.6 Å². The summed E-state index contributed by atoms with van der Waals surface area (Å²) in [5, 5.41) is 7.32. The van der Waals surface area contributed by atoms with Gasteiger partial charge in [-0.3, -0.25) is 9.48 Å². The van der Waals surface area contributed by atoms with Crippen molar-refractivity contribution in [3.05, 3.63) is 45.8 Å². The minimum absolute atomic E-state index is 0.117. The molecule has 8 heteroatoms. The van der Waals surface area contributed by atoms with Crippen molar-refractivity contribution in [1.29, 1.82) is 0 Å². The molecule has 7 nitrogen and oxygen atoms in total. The number of sulfonamides is 1. The Morgan fingerprint density at radius 2 is 1.81 bits per heavy atom. The summed E-state index contributed by atoms with van der Waals surface area (Å²) < 4.78 is 28.5. The molecule has 1 amide bonds. The zero-order valence-electron chi connectivity index (χ0n) is 16.3. The monoisotopic (exact) mass is 378 g/mol. The van der Waals surface area contributed by atoms with Gasteiger partial charge in [-0.1, -0.05) is 0 Å². The molecule has 1 unspecified atom stereocenters. The van der Waals surface area contributed by atoms with E-state index in [1.165, 1.54) is 13.1 Å². The quantitative estimate of drug-likeness (QED) is 0.833. The normalized spacial score (nSPS) is 12.9. The van der Waals surface area contributed by atoms with E-state index in [0.717, 1.165) is 22.5 Å². The van der Waals surface area contributed by atoms with Gasteiger partial charge in [-0.2, -0.15) is 5.10 Å². The van der Waals surface area contributed by atoms with Gasteiger partial charge in [-0.15, -0.1) is 0 Å².